The van der Waals surface area contributed by atoms with E-state index in [0.717, 1.165) is 31.9 Å². The van der Waals surface area contributed by atoms with Crippen molar-refractivity contribution in [1.29, 1.82) is 0 Å². The van der Waals surface area contributed by atoms with Crippen molar-refractivity contribution in [1.82, 2.24) is 10.3 Å². The largest absolute Gasteiger partial charge is 0.355 e. The molecule has 2 aromatic rings. The van der Waals surface area contributed by atoms with Gasteiger partial charge in [-0.3, -0.25) is 0 Å². The Kier molecular flexibility index (Phi) is 5.76. The average molecular weight is 283 g/mol. The number of aryl methyl sites for hydroxylation is 1. The predicted octanol–water partition coefficient (Wildman–Crippen LogP) is 3.53. The molecular weight excluding hydrogens is 258 g/mol. The van der Waals surface area contributed by atoms with Crippen molar-refractivity contribution in [2.24, 2.45) is 0 Å². The van der Waals surface area contributed by atoms with Gasteiger partial charge >= 0.3 is 0 Å². The van der Waals surface area contributed by atoms with Gasteiger partial charge in [0, 0.05) is 26.3 Å². The molecule has 2 rings (SSSR count). The van der Waals surface area contributed by atoms with Crippen LogP contribution in [0.4, 0.5) is 5.82 Å². The molecule has 0 amide bonds. The van der Waals surface area contributed by atoms with E-state index in [1.807, 2.05) is 6.20 Å². The number of hydrogen-bond donors (Lipinski definition) is 1. The van der Waals surface area contributed by atoms with Crippen molar-refractivity contribution < 1.29 is 0 Å². The molecule has 0 aliphatic heterocycles. The summed E-state index contributed by atoms with van der Waals surface area (Å²) < 4.78 is 0. The van der Waals surface area contributed by atoms with E-state index in [2.05, 4.69) is 72.5 Å². The van der Waals surface area contributed by atoms with Crippen LogP contribution in [-0.4, -0.2) is 18.6 Å². The molecule has 0 unspecified atom stereocenters. The lowest BCUT2D eigenvalue weighted by atomic mass is 10.1. The second-order valence-electron chi connectivity index (χ2n) is 5.54. The predicted molar refractivity (Wildman–Crippen MR) is 89.5 cm³/mol. The molecule has 1 aromatic heterocycles. The lowest BCUT2D eigenvalue weighted by molar-refractivity contribution is 0.674. The Morgan fingerprint density at radius 1 is 1.10 bits per heavy atom. The molecule has 0 aliphatic rings. The smallest absolute Gasteiger partial charge is 0.128 e. The Balaban J connectivity index is 1.99. The normalized spacial score (nSPS) is 10.6. The van der Waals surface area contributed by atoms with Crippen molar-refractivity contribution in [3.8, 4) is 0 Å². The second kappa shape index (κ2) is 7.79. The van der Waals surface area contributed by atoms with Gasteiger partial charge < -0.3 is 10.2 Å². The third kappa shape index (κ3) is 4.87. The van der Waals surface area contributed by atoms with Crippen LogP contribution in [0.3, 0.4) is 0 Å². The summed E-state index contributed by atoms with van der Waals surface area (Å²) in [4.78, 5) is 6.67. The SMILES string of the molecule is CCCNCc1ccnc(N(C)Cc2ccc(C)cc2)c1. The fraction of sp³-hybridized carbons (Fsp3) is 0.389. The third-order valence-electron chi connectivity index (χ3n) is 3.50. The highest BCUT2D eigenvalue weighted by atomic mass is 15.2. The zero-order chi connectivity index (χ0) is 15.1. The van der Waals surface area contributed by atoms with Gasteiger partial charge in [0.2, 0.25) is 0 Å². The number of rotatable bonds is 7. The van der Waals surface area contributed by atoms with Crippen molar-refractivity contribution >= 4 is 5.82 Å². The zero-order valence-electron chi connectivity index (χ0n) is 13.3. The highest BCUT2D eigenvalue weighted by molar-refractivity contribution is 5.41. The van der Waals surface area contributed by atoms with Crippen LogP contribution >= 0.6 is 0 Å². The summed E-state index contributed by atoms with van der Waals surface area (Å²) in [6.45, 7) is 7.12. The van der Waals surface area contributed by atoms with Crippen LogP contribution < -0.4 is 10.2 Å². The number of aromatic nitrogens is 1. The molecule has 1 heterocycles. The van der Waals surface area contributed by atoms with Crippen LogP contribution in [0.25, 0.3) is 0 Å². The van der Waals surface area contributed by atoms with E-state index in [9.17, 15) is 0 Å². The molecule has 1 aromatic carbocycles. The molecule has 0 atom stereocenters. The molecule has 0 saturated heterocycles. The maximum Gasteiger partial charge on any atom is 0.128 e. The number of pyridine rings is 1. The summed E-state index contributed by atoms with van der Waals surface area (Å²) in [7, 11) is 2.09. The van der Waals surface area contributed by atoms with Crippen LogP contribution in [-0.2, 0) is 13.1 Å². The zero-order valence-corrected chi connectivity index (χ0v) is 13.3. The first kappa shape index (κ1) is 15.5. The van der Waals surface area contributed by atoms with E-state index in [1.165, 1.54) is 16.7 Å². The van der Waals surface area contributed by atoms with E-state index >= 15 is 0 Å². The van der Waals surface area contributed by atoms with Crippen LogP contribution in [0, 0.1) is 6.92 Å². The minimum absolute atomic E-state index is 0.874. The molecule has 0 bridgehead atoms. The highest BCUT2D eigenvalue weighted by Gasteiger charge is 2.04. The van der Waals surface area contributed by atoms with Gasteiger partial charge in [0.1, 0.15) is 5.82 Å². The summed E-state index contributed by atoms with van der Waals surface area (Å²) in [6, 6.07) is 12.9. The van der Waals surface area contributed by atoms with E-state index in [-0.39, 0.29) is 0 Å². The third-order valence-corrected chi connectivity index (χ3v) is 3.50. The Bertz CT molecular complexity index is 549. The van der Waals surface area contributed by atoms with Crippen molar-refractivity contribution in [3.63, 3.8) is 0 Å². The topological polar surface area (TPSA) is 28.2 Å². The highest BCUT2D eigenvalue weighted by Crippen LogP contribution is 2.14. The Morgan fingerprint density at radius 3 is 2.57 bits per heavy atom. The van der Waals surface area contributed by atoms with Crippen LogP contribution in [0.5, 0.6) is 0 Å². The van der Waals surface area contributed by atoms with Crippen molar-refractivity contribution in [3.05, 3.63) is 59.3 Å². The molecule has 0 spiro atoms. The number of benzene rings is 1. The minimum atomic E-state index is 0.874. The maximum absolute atomic E-state index is 4.48. The number of nitrogens with zero attached hydrogens (tertiary/aromatic N) is 2. The minimum Gasteiger partial charge on any atom is -0.355 e. The molecule has 3 nitrogen and oxygen atoms in total. The number of anilines is 1. The van der Waals surface area contributed by atoms with Gasteiger partial charge in [0.05, 0.1) is 0 Å². The molecule has 21 heavy (non-hydrogen) atoms. The fourth-order valence-corrected chi connectivity index (χ4v) is 2.24. The summed E-state index contributed by atoms with van der Waals surface area (Å²) in [6.07, 6.45) is 3.05. The maximum atomic E-state index is 4.48. The molecule has 0 saturated carbocycles. The van der Waals surface area contributed by atoms with Gasteiger partial charge in [0.25, 0.3) is 0 Å². The molecule has 0 aliphatic carbocycles. The average Bonchev–Trinajstić information content (AvgIpc) is 2.50. The van der Waals surface area contributed by atoms with Crippen LogP contribution in [0.15, 0.2) is 42.6 Å². The van der Waals surface area contributed by atoms with Gasteiger partial charge in [-0.25, -0.2) is 4.98 Å². The quantitative estimate of drug-likeness (QED) is 0.788. The second-order valence-corrected chi connectivity index (χ2v) is 5.54. The van der Waals surface area contributed by atoms with Gasteiger partial charge in [-0.1, -0.05) is 36.8 Å². The van der Waals surface area contributed by atoms with E-state index in [4.69, 9.17) is 0 Å². The Morgan fingerprint density at radius 2 is 1.86 bits per heavy atom. The summed E-state index contributed by atoms with van der Waals surface area (Å²) in [5, 5.41) is 3.43. The first-order valence-corrected chi connectivity index (χ1v) is 7.61. The first-order chi connectivity index (χ1) is 10.2. The molecule has 0 fully saturated rings. The van der Waals surface area contributed by atoms with E-state index < -0.39 is 0 Å². The standard InChI is InChI=1S/C18H25N3/c1-4-10-19-13-17-9-11-20-18(12-17)21(3)14-16-7-5-15(2)6-8-16/h5-9,11-12,19H,4,10,13-14H2,1-3H3. The molecule has 0 radical (unpaired) electrons. The van der Waals surface area contributed by atoms with Crippen molar-refractivity contribution in [2.45, 2.75) is 33.4 Å². The number of nitrogens with one attached hydrogen (secondary N) is 1. The first-order valence-electron chi connectivity index (χ1n) is 7.61. The Hall–Kier alpha value is -1.87. The van der Waals surface area contributed by atoms with E-state index in [1.54, 1.807) is 0 Å². The van der Waals surface area contributed by atoms with E-state index in [0.29, 0.717) is 0 Å². The van der Waals surface area contributed by atoms with Gasteiger partial charge in [-0.15, -0.1) is 0 Å². The van der Waals surface area contributed by atoms with Gasteiger partial charge in [-0.05, 0) is 43.1 Å². The molecule has 3 heteroatoms. The van der Waals surface area contributed by atoms with Crippen molar-refractivity contribution in [2.75, 3.05) is 18.5 Å². The summed E-state index contributed by atoms with van der Waals surface area (Å²) in [5.41, 5.74) is 3.88. The summed E-state index contributed by atoms with van der Waals surface area (Å²) in [5.74, 6) is 1.02. The van der Waals surface area contributed by atoms with Gasteiger partial charge in [-0.2, -0.15) is 0 Å². The molecule has 1 N–H and O–H groups in total. The lowest BCUT2D eigenvalue weighted by Crippen LogP contribution is -2.19. The van der Waals surface area contributed by atoms with Crippen LogP contribution in [0.1, 0.15) is 30.0 Å². The molecule has 112 valence electrons. The van der Waals surface area contributed by atoms with Crippen LogP contribution in [0.2, 0.25) is 0 Å². The number of hydrogen-bond acceptors (Lipinski definition) is 3. The van der Waals surface area contributed by atoms with Gasteiger partial charge in [0.15, 0.2) is 0 Å². The lowest BCUT2D eigenvalue weighted by Gasteiger charge is -2.19. The fourth-order valence-electron chi connectivity index (χ4n) is 2.24. The Labute approximate surface area is 128 Å². The molecular formula is C18H25N3. The monoisotopic (exact) mass is 283 g/mol. The summed E-state index contributed by atoms with van der Waals surface area (Å²) >= 11 is 0.